The van der Waals surface area contributed by atoms with Gasteiger partial charge in [-0.05, 0) is 49.5 Å². The smallest absolute Gasteiger partial charge is 0.00264 e. The summed E-state index contributed by atoms with van der Waals surface area (Å²) in [5, 5.41) is 9.65. The summed E-state index contributed by atoms with van der Waals surface area (Å²) >= 11 is 0. The maximum absolute atomic E-state index is 2.28. The minimum Gasteiger partial charge on any atom is -0.0801 e. The van der Waals surface area contributed by atoms with Crippen molar-refractivity contribution in [3.8, 4) is 0 Å². The molecule has 0 saturated heterocycles. The van der Waals surface area contributed by atoms with E-state index in [9.17, 15) is 0 Å². The molecule has 0 aromatic heterocycles. The molecule has 0 saturated carbocycles. The number of fused-ring (bicyclic) bond motifs is 2. The van der Waals surface area contributed by atoms with Gasteiger partial charge in [0.15, 0.2) is 0 Å². The molecule has 0 N–H and O–H groups in total. The first-order valence-electron chi connectivity index (χ1n) is 7.45. The zero-order chi connectivity index (χ0) is 13.8. The van der Waals surface area contributed by atoms with Gasteiger partial charge in [-0.2, -0.15) is 0 Å². The van der Waals surface area contributed by atoms with Crippen LogP contribution in [0, 0.1) is 0 Å². The average molecular weight is 266 g/mol. The molecule has 21 heavy (non-hydrogen) atoms. The lowest BCUT2D eigenvalue weighted by atomic mass is 9.91. The van der Waals surface area contributed by atoms with Crippen molar-refractivity contribution in [3.63, 3.8) is 0 Å². The Morgan fingerprint density at radius 1 is 0.667 bits per heavy atom. The molecule has 0 spiro atoms. The molecule has 0 amide bonds. The van der Waals surface area contributed by atoms with E-state index in [1.165, 1.54) is 43.1 Å². The lowest BCUT2D eigenvalue weighted by molar-refractivity contribution is 1.31. The summed E-state index contributed by atoms with van der Waals surface area (Å²) in [4.78, 5) is 0. The summed E-state index contributed by atoms with van der Waals surface area (Å²) in [6.45, 7) is 0. The highest BCUT2D eigenvalue weighted by molar-refractivity contribution is 6.22. The number of benzene rings is 4. The van der Waals surface area contributed by atoms with Crippen molar-refractivity contribution in [2.75, 3.05) is 0 Å². The molecule has 0 radical (unpaired) electrons. The molecule has 0 fully saturated rings. The Labute approximate surface area is 123 Å². The van der Waals surface area contributed by atoms with Crippen molar-refractivity contribution < 1.29 is 0 Å². The number of allylic oxidation sites excluding steroid dienone is 2. The van der Waals surface area contributed by atoms with Crippen LogP contribution in [0.3, 0.4) is 0 Å². The van der Waals surface area contributed by atoms with Gasteiger partial charge < -0.3 is 0 Å². The topological polar surface area (TPSA) is 0 Å². The van der Waals surface area contributed by atoms with E-state index in [4.69, 9.17) is 0 Å². The van der Waals surface area contributed by atoms with Gasteiger partial charge in [-0.3, -0.25) is 0 Å². The minimum atomic E-state index is 1.02. The van der Waals surface area contributed by atoms with Crippen molar-refractivity contribution >= 4 is 38.4 Å². The quantitative estimate of drug-likeness (QED) is 0.318. The molecule has 1 aliphatic rings. The fraction of sp³-hybridized carbons (Fsp3) is 0.0476. The predicted octanol–water partition coefficient (Wildman–Crippen LogP) is 4.76. The molecule has 0 nitrogen and oxygen atoms in total. The van der Waals surface area contributed by atoms with Crippen molar-refractivity contribution in [3.05, 3.63) is 77.5 Å². The lowest BCUT2D eigenvalue weighted by Gasteiger charge is -2.13. The standard InChI is InChI=1S/C21H14/c1-2-10-16-17-11-4-8-15-9-5-13-19(21(15)17)18-12-3-7-14(6-1)20(16)18/h1-5,7-13H,6H2. The van der Waals surface area contributed by atoms with Crippen LogP contribution in [0.25, 0.3) is 38.4 Å². The van der Waals surface area contributed by atoms with Crippen molar-refractivity contribution in [2.45, 2.75) is 6.42 Å². The molecule has 0 heterocycles. The highest BCUT2D eigenvalue weighted by Crippen LogP contribution is 2.32. The Hall–Kier alpha value is -2.60. The first kappa shape index (κ1) is 11.1. The van der Waals surface area contributed by atoms with Gasteiger partial charge in [0.05, 0.1) is 0 Å². The second kappa shape index (κ2) is 3.95. The van der Waals surface area contributed by atoms with Gasteiger partial charge in [0.25, 0.3) is 0 Å². The molecule has 4 aromatic carbocycles. The van der Waals surface area contributed by atoms with E-state index in [-0.39, 0.29) is 0 Å². The first-order chi connectivity index (χ1) is 10.4. The zero-order valence-corrected chi connectivity index (χ0v) is 11.6. The maximum atomic E-state index is 2.28. The van der Waals surface area contributed by atoms with E-state index >= 15 is 0 Å². The van der Waals surface area contributed by atoms with Gasteiger partial charge >= 0.3 is 0 Å². The van der Waals surface area contributed by atoms with Crippen LogP contribution in [-0.4, -0.2) is 0 Å². The lowest BCUT2D eigenvalue weighted by Crippen LogP contribution is -2.06. The van der Waals surface area contributed by atoms with Crippen LogP contribution in [0.1, 0.15) is 5.56 Å². The van der Waals surface area contributed by atoms with Crippen molar-refractivity contribution in [1.82, 2.24) is 0 Å². The normalized spacial score (nSPS) is 13.7. The number of hydrogen-bond donors (Lipinski definition) is 0. The van der Waals surface area contributed by atoms with Crippen LogP contribution in [0.5, 0.6) is 0 Å². The van der Waals surface area contributed by atoms with Gasteiger partial charge in [0, 0.05) is 0 Å². The third-order valence-corrected chi connectivity index (χ3v) is 4.64. The van der Waals surface area contributed by atoms with Crippen molar-refractivity contribution in [2.24, 2.45) is 0 Å². The van der Waals surface area contributed by atoms with Gasteiger partial charge in [0.2, 0.25) is 0 Å². The molecule has 1 aliphatic carbocycles. The van der Waals surface area contributed by atoms with Crippen LogP contribution in [0.2, 0.25) is 0 Å². The van der Waals surface area contributed by atoms with E-state index in [1.807, 2.05) is 0 Å². The third-order valence-electron chi connectivity index (χ3n) is 4.64. The van der Waals surface area contributed by atoms with E-state index < -0.39 is 0 Å². The Morgan fingerprint density at radius 2 is 1.38 bits per heavy atom. The maximum Gasteiger partial charge on any atom is -0.00264 e. The van der Waals surface area contributed by atoms with E-state index in [1.54, 1.807) is 0 Å². The van der Waals surface area contributed by atoms with Crippen LogP contribution in [0.15, 0.2) is 66.7 Å². The second-order valence-corrected chi connectivity index (χ2v) is 5.76. The van der Waals surface area contributed by atoms with E-state index in [2.05, 4.69) is 72.8 Å². The van der Waals surface area contributed by atoms with Gasteiger partial charge in [0.1, 0.15) is 0 Å². The highest BCUT2D eigenvalue weighted by Gasteiger charge is 2.11. The molecule has 0 heteroatoms. The summed E-state index contributed by atoms with van der Waals surface area (Å²) < 4.78 is 0. The Bertz CT molecular complexity index is 1090. The SMILES string of the molecule is C1=CCc2cccc3c2c(c2cccc4cccc3c42)=C1. The largest absolute Gasteiger partial charge is 0.0801 e. The van der Waals surface area contributed by atoms with Crippen LogP contribution in [0.4, 0.5) is 0 Å². The molecule has 5 rings (SSSR count). The summed E-state index contributed by atoms with van der Waals surface area (Å²) in [5.74, 6) is 0. The molecule has 0 aliphatic heterocycles. The average Bonchev–Trinajstić information content (AvgIpc) is 2.76. The van der Waals surface area contributed by atoms with Gasteiger partial charge in [-0.1, -0.05) is 72.8 Å². The molecule has 0 unspecified atom stereocenters. The number of hydrogen-bond acceptors (Lipinski definition) is 0. The fourth-order valence-electron chi connectivity index (χ4n) is 3.77. The predicted molar refractivity (Wildman–Crippen MR) is 91.5 cm³/mol. The summed E-state index contributed by atoms with van der Waals surface area (Å²) in [6.07, 6.45) is 7.75. The molecule has 0 bridgehead atoms. The fourth-order valence-corrected chi connectivity index (χ4v) is 3.77. The first-order valence-corrected chi connectivity index (χ1v) is 7.45. The molecule has 0 atom stereocenters. The molecular weight excluding hydrogens is 252 g/mol. The third kappa shape index (κ3) is 1.39. The van der Waals surface area contributed by atoms with Crippen LogP contribution >= 0.6 is 0 Å². The minimum absolute atomic E-state index is 1.02. The Morgan fingerprint density at radius 3 is 2.24 bits per heavy atom. The monoisotopic (exact) mass is 266 g/mol. The van der Waals surface area contributed by atoms with Gasteiger partial charge in [-0.15, -0.1) is 0 Å². The number of rotatable bonds is 0. The molecule has 4 aromatic rings. The summed E-state index contributed by atoms with van der Waals surface area (Å²) in [7, 11) is 0. The molecule has 98 valence electrons. The Balaban J connectivity index is 2.27. The van der Waals surface area contributed by atoms with Crippen LogP contribution in [-0.2, 0) is 6.42 Å². The molecular formula is C21H14. The van der Waals surface area contributed by atoms with Crippen molar-refractivity contribution in [1.29, 1.82) is 0 Å². The van der Waals surface area contributed by atoms with E-state index in [0.29, 0.717) is 0 Å². The second-order valence-electron chi connectivity index (χ2n) is 5.76. The Kier molecular flexibility index (Phi) is 2.09. The summed E-state index contributed by atoms with van der Waals surface area (Å²) in [6, 6.07) is 20.0. The summed E-state index contributed by atoms with van der Waals surface area (Å²) in [5.41, 5.74) is 1.43. The van der Waals surface area contributed by atoms with Gasteiger partial charge in [-0.25, -0.2) is 0 Å². The zero-order valence-electron chi connectivity index (χ0n) is 11.6. The van der Waals surface area contributed by atoms with Crippen LogP contribution < -0.4 is 5.22 Å². The van der Waals surface area contributed by atoms with E-state index in [0.717, 1.165) is 6.42 Å². The highest BCUT2D eigenvalue weighted by atomic mass is 14.1.